The van der Waals surface area contributed by atoms with Crippen molar-refractivity contribution in [2.75, 3.05) is 0 Å². The van der Waals surface area contributed by atoms with Gasteiger partial charge in [-0.05, 0) is 163 Å². The fourth-order valence-electron chi connectivity index (χ4n) is 3.59. The second-order valence-electron chi connectivity index (χ2n) is 6.54. The van der Waals surface area contributed by atoms with Crippen LogP contribution in [0.5, 0.6) is 0 Å². The van der Waals surface area contributed by atoms with Crippen LogP contribution in [0.25, 0.3) is 0 Å². The van der Waals surface area contributed by atoms with Crippen LogP contribution in [0.15, 0.2) is 0 Å². The maximum absolute atomic E-state index is 5.99. The van der Waals surface area contributed by atoms with Gasteiger partial charge in [0.15, 0.2) is 0 Å². The van der Waals surface area contributed by atoms with Crippen molar-refractivity contribution in [2.45, 2.75) is 0 Å². The lowest BCUT2D eigenvalue weighted by Crippen LogP contribution is -2.85. The number of rotatable bonds is 11. The summed E-state index contributed by atoms with van der Waals surface area (Å²) < 4.78 is 0. The summed E-state index contributed by atoms with van der Waals surface area (Å²) in [6, 6.07) is 0. The summed E-state index contributed by atoms with van der Waals surface area (Å²) in [7, 11) is 77.9. The van der Waals surface area contributed by atoms with E-state index in [0.29, 0.717) is 0 Å². The van der Waals surface area contributed by atoms with Gasteiger partial charge in [-0.25, -0.2) is 0 Å². The van der Waals surface area contributed by atoms with Crippen molar-refractivity contribution >= 4 is 178 Å². The van der Waals surface area contributed by atoms with E-state index < -0.39 is 70.2 Å². The fourth-order valence-corrected chi connectivity index (χ4v) is 3.59. The van der Waals surface area contributed by atoms with Crippen LogP contribution in [-0.4, -0.2) is 178 Å². The largest absolute Gasteiger partial charge is 0.690 e. The highest BCUT2D eigenvalue weighted by Gasteiger charge is 2.47. The minimum atomic E-state index is -0.960. The van der Waals surface area contributed by atoms with E-state index in [0.717, 1.165) is 0 Å². The molecule has 0 heterocycles. The summed E-state index contributed by atoms with van der Waals surface area (Å²) >= 11 is 0. The highest BCUT2D eigenvalue weighted by atomic mass is 13.3. The Balaban J connectivity index is 6.38. The Morgan fingerprint density at radius 3 is 0.840 bits per heavy atom. The lowest BCUT2D eigenvalue weighted by Gasteiger charge is -2.48. The van der Waals surface area contributed by atoms with E-state index >= 15 is 0 Å². The molecule has 25 heteroatoms. The molecule has 0 aromatic carbocycles. The topological polar surface area (TPSA) is 0 Å². The molecule has 0 unspecified atom stereocenters. The maximum Gasteiger partial charge on any atom is -0.0000000000473 e. The lowest BCUT2D eigenvalue weighted by molar-refractivity contribution is 3.29. The van der Waals surface area contributed by atoms with Crippen molar-refractivity contribution in [1.29, 1.82) is 0 Å². The van der Waals surface area contributed by atoms with E-state index in [2.05, 4.69) is 0 Å². The molecule has 0 atom stereocenters. The number of hydrogen-bond acceptors (Lipinski definition) is 0. The van der Waals surface area contributed by atoms with Crippen molar-refractivity contribution in [1.82, 2.24) is 0 Å². The number of hydrogen-bond donors (Lipinski definition) is 0. The van der Waals surface area contributed by atoms with E-state index in [1.54, 1.807) is 0 Å². The molecule has 0 nitrogen and oxygen atoms in total. The quantitative estimate of drug-likeness (QED) is 0.327. The van der Waals surface area contributed by atoms with Crippen molar-refractivity contribution in [3.63, 3.8) is 0 Å². The molecule has 28 radical (unpaired) electrons. The van der Waals surface area contributed by atoms with Gasteiger partial charge in [0.2, 0.25) is 0 Å². The molecule has 0 aromatic rings. The van der Waals surface area contributed by atoms with Crippen LogP contribution < -0.4 is 0 Å². The van der Waals surface area contributed by atoms with Crippen LogP contribution in [0.3, 0.4) is 0 Å². The molecule has 25 heavy (non-hydrogen) atoms. The Hall–Kier alpha value is 1.62. The van der Waals surface area contributed by atoms with Gasteiger partial charge >= 0.3 is 0 Å². The van der Waals surface area contributed by atoms with Gasteiger partial charge < -0.3 is 7.74 Å². The Labute approximate surface area is 177 Å². The summed E-state index contributed by atoms with van der Waals surface area (Å²) in [5, 5.41) is 0. The van der Waals surface area contributed by atoms with E-state index in [1.807, 2.05) is 0 Å². The summed E-state index contributed by atoms with van der Waals surface area (Å²) in [6.07, 6.45) is -9.19. The Morgan fingerprint density at radius 1 is 0.400 bits per heavy atom. The van der Waals surface area contributed by atoms with Gasteiger partial charge in [0.25, 0.3) is 0 Å². The van der Waals surface area contributed by atoms with Crippen LogP contribution in [-0.2, 0) is 0 Å². The van der Waals surface area contributed by atoms with E-state index in [4.69, 9.17) is 101 Å². The lowest BCUT2D eigenvalue weighted by atomic mass is 8.35. The average Bonchev–Trinajstić information content (AvgIpc) is 2.41. The molecule has 0 rings (SSSR count). The van der Waals surface area contributed by atoms with Crippen LogP contribution in [0.1, 0.15) is 0 Å². The molecule has 0 aliphatic carbocycles. The first-order valence-corrected chi connectivity index (χ1v) is 8.00. The molecule has 0 aromatic heterocycles. The smallest absolute Gasteiger partial charge is 0.0000000000473 e. The van der Waals surface area contributed by atoms with E-state index in [9.17, 15) is 0 Å². The van der Waals surface area contributed by atoms with Crippen molar-refractivity contribution in [3.05, 3.63) is 0 Å². The molecule has 0 saturated carbocycles. The molecule has 0 fully saturated rings. The third-order valence-corrected chi connectivity index (χ3v) is 4.67. The summed E-state index contributed by atoms with van der Waals surface area (Å²) in [5.41, 5.74) is 0. The van der Waals surface area contributed by atoms with Gasteiger partial charge in [0.05, 0.1) is 0 Å². The third kappa shape index (κ3) is 7.51. The van der Waals surface area contributed by atoms with Crippen LogP contribution in [0.4, 0.5) is 0 Å². The molecular weight excluding hydrogens is 270 g/mol. The van der Waals surface area contributed by atoms with Crippen LogP contribution >= 0.6 is 0 Å². The summed E-state index contributed by atoms with van der Waals surface area (Å²) in [6.45, 7) is 0. The van der Waals surface area contributed by atoms with E-state index in [-0.39, 0.29) is 0 Å². The van der Waals surface area contributed by atoms with E-state index in [1.165, 1.54) is 7.06 Å². The highest BCUT2D eigenvalue weighted by molar-refractivity contribution is 8.24. The molecule has 0 aliphatic heterocycles. The highest BCUT2D eigenvalue weighted by Crippen LogP contribution is 2.10. The van der Waals surface area contributed by atoms with Crippen LogP contribution in [0, 0.1) is 0 Å². The fraction of sp³-hybridized carbons (Fsp3) is 0. The first-order valence-electron chi connectivity index (χ1n) is 8.00. The standard InChI is InChI=1S/B25/c1-14-21(15(2)3)24(20(12)13)25(22(16(4)5)17(6)7)23(18(8)9)19(10)11/q-1. The van der Waals surface area contributed by atoms with Crippen LogP contribution in [0.2, 0.25) is 0 Å². The Morgan fingerprint density at radius 2 is 0.680 bits per heavy atom. The zero-order valence-electron chi connectivity index (χ0n) is 14.4. The molecule has 0 amide bonds. The zero-order valence-corrected chi connectivity index (χ0v) is 14.4. The van der Waals surface area contributed by atoms with Gasteiger partial charge in [-0.1, -0.05) is 0 Å². The summed E-state index contributed by atoms with van der Waals surface area (Å²) in [5.74, 6) is 0. The van der Waals surface area contributed by atoms with Gasteiger partial charge in [0.1, 0.15) is 0 Å². The van der Waals surface area contributed by atoms with Gasteiger partial charge in [-0.15, -0.1) is 0 Å². The SMILES string of the molecule is [B]B([B])B([B][B-])B(B([B])[B])B(B(B([B])[B])B([B])[B])B(B([B])[B])B([B])[B]. The monoisotopic (exact) mass is 275 g/mol. The molecule has 0 aliphatic rings. The normalized spacial score (nSPS) is 9.32. The van der Waals surface area contributed by atoms with Crippen molar-refractivity contribution < 1.29 is 0 Å². The first-order chi connectivity index (χ1) is 11.4. The van der Waals surface area contributed by atoms with Crippen molar-refractivity contribution in [3.8, 4) is 0 Å². The van der Waals surface area contributed by atoms with Crippen molar-refractivity contribution in [2.24, 2.45) is 0 Å². The second-order valence-corrected chi connectivity index (χ2v) is 6.54. The van der Waals surface area contributed by atoms with Gasteiger partial charge in [-0.3, -0.25) is 7.06 Å². The molecule has 0 N–H and O–H groups in total. The summed E-state index contributed by atoms with van der Waals surface area (Å²) in [4.78, 5) is 0. The molecule has 76 valence electrons. The Kier molecular flexibility index (Phi) is 13.0. The predicted octanol–water partition coefficient (Wildman–Crippen LogP) is -9.52. The minimum absolute atomic E-state index is 0.648. The average molecular weight is 270 g/mol. The Bertz CT molecular complexity index is 298. The molecule has 0 saturated heterocycles. The molecule has 0 spiro atoms. The zero-order chi connectivity index (χ0) is 20.1. The molecule has 0 bridgehead atoms. The first kappa shape index (κ1) is 26.6. The van der Waals surface area contributed by atoms with Gasteiger partial charge in [-0.2, -0.15) is 0 Å². The molecular formula is B25-. The maximum atomic E-state index is 5.99. The predicted molar refractivity (Wildman–Crippen MR) is 144 cm³/mol. The third-order valence-electron chi connectivity index (χ3n) is 4.67. The second kappa shape index (κ2) is 12.2. The van der Waals surface area contributed by atoms with Gasteiger partial charge in [0, 0.05) is 0 Å². The minimum Gasteiger partial charge on any atom is -0.690 e.